The molecule has 0 aliphatic rings. The van der Waals surface area contributed by atoms with E-state index in [1.165, 1.54) is 6.92 Å². The molecule has 11 heteroatoms. The zero-order chi connectivity index (χ0) is 20.5. The second-order valence-corrected chi connectivity index (χ2v) is 5.21. The number of aromatic carboxylic acids is 2. The molecule has 0 radical (unpaired) electrons. The first-order valence-electron chi connectivity index (χ1n) is 7.12. The number of carboxylic acids is 2. The summed E-state index contributed by atoms with van der Waals surface area (Å²) in [7, 11) is 0. The van der Waals surface area contributed by atoms with Crippen LogP contribution in [0.1, 0.15) is 38.0 Å². The highest BCUT2D eigenvalue weighted by Gasteiger charge is 2.21. The number of carbonyl (C=O) groups excluding carboxylic acids is 1. The van der Waals surface area contributed by atoms with Gasteiger partial charge in [0.15, 0.2) is 6.29 Å². The summed E-state index contributed by atoms with van der Waals surface area (Å²) in [5, 5.41) is 51.5. The van der Waals surface area contributed by atoms with Crippen molar-refractivity contribution in [2.45, 2.75) is 18.8 Å². The van der Waals surface area contributed by atoms with Crippen molar-refractivity contribution in [2.24, 2.45) is 5.73 Å². The molecule has 8 N–H and O–H groups in total. The van der Waals surface area contributed by atoms with Crippen molar-refractivity contribution in [3.05, 3.63) is 34.9 Å². The fourth-order valence-corrected chi connectivity index (χ4v) is 1.40. The van der Waals surface area contributed by atoms with E-state index in [0.29, 0.717) is 0 Å². The highest BCUT2D eigenvalue weighted by Crippen LogP contribution is 2.14. The Labute approximate surface area is 147 Å². The van der Waals surface area contributed by atoms with Crippen LogP contribution in [0.15, 0.2) is 18.2 Å². The minimum Gasteiger partial charge on any atom is -0.478 e. The van der Waals surface area contributed by atoms with E-state index >= 15 is 0 Å². The highest BCUT2D eigenvalue weighted by atomic mass is 16.6. The molecule has 1 aromatic rings. The molecule has 0 fully saturated rings. The number of aliphatic hydroxyl groups excluding tert-OH is 4. The van der Waals surface area contributed by atoms with Gasteiger partial charge in [-0.25, -0.2) is 14.4 Å². The summed E-state index contributed by atoms with van der Waals surface area (Å²) >= 11 is 0. The fraction of sp³-hybridized carbons (Fsp3) is 0.400. The average molecular weight is 375 g/mol. The van der Waals surface area contributed by atoms with Crippen LogP contribution in [0.25, 0.3) is 0 Å². The van der Waals surface area contributed by atoms with E-state index < -0.39 is 55.1 Å². The Morgan fingerprint density at radius 1 is 1.04 bits per heavy atom. The summed E-state index contributed by atoms with van der Waals surface area (Å²) in [6, 6.07) is 2.95. The van der Waals surface area contributed by atoms with Crippen LogP contribution in [0.4, 0.5) is 0 Å². The predicted molar refractivity (Wildman–Crippen MR) is 85.6 cm³/mol. The molecule has 0 bridgehead atoms. The fourth-order valence-electron chi connectivity index (χ4n) is 1.40. The van der Waals surface area contributed by atoms with Crippen LogP contribution in [0, 0.1) is 0 Å². The Morgan fingerprint density at radius 3 is 1.85 bits per heavy atom. The number of benzene rings is 1. The van der Waals surface area contributed by atoms with Crippen LogP contribution >= 0.6 is 0 Å². The Morgan fingerprint density at radius 2 is 1.54 bits per heavy atom. The molecule has 0 amide bonds. The van der Waals surface area contributed by atoms with Crippen LogP contribution in [0.5, 0.6) is 0 Å². The first kappa shape index (κ1) is 23.4. The van der Waals surface area contributed by atoms with Gasteiger partial charge in [0.05, 0.1) is 42.0 Å². The SMILES string of the molecule is CC(O)OC(=O)c1ccc(C(=O)O)cc1C(=O)O.NC(CO)(CO)CO. The Hall–Kier alpha value is -2.57. The first-order valence-corrected chi connectivity index (χ1v) is 7.12. The van der Waals surface area contributed by atoms with Crippen molar-refractivity contribution in [3.8, 4) is 0 Å². The monoisotopic (exact) mass is 375 g/mol. The lowest BCUT2D eigenvalue weighted by Gasteiger charge is -2.20. The first-order chi connectivity index (χ1) is 12.0. The van der Waals surface area contributed by atoms with Gasteiger partial charge in [-0.05, 0) is 25.1 Å². The van der Waals surface area contributed by atoms with E-state index in [2.05, 4.69) is 4.74 Å². The average Bonchev–Trinajstić information content (AvgIpc) is 2.60. The summed E-state index contributed by atoms with van der Waals surface area (Å²) < 4.78 is 4.43. The van der Waals surface area contributed by atoms with Gasteiger partial charge in [0.2, 0.25) is 0 Å². The summed E-state index contributed by atoms with van der Waals surface area (Å²) in [6.07, 6.45) is -1.39. The van der Waals surface area contributed by atoms with Crippen LogP contribution in [-0.2, 0) is 4.74 Å². The van der Waals surface area contributed by atoms with Crippen molar-refractivity contribution in [2.75, 3.05) is 19.8 Å². The Bertz CT molecular complexity index is 631. The van der Waals surface area contributed by atoms with Gasteiger partial charge in [0.25, 0.3) is 0 Å². The van der Waals surface area contributed by atoms with Crippen molar-refractivity contribution < 1.29 is 49.8 Å². The van der Waals surface area contributed by atoms with E-state index in [-0.39, 0.29) is 11.1 Å². The maximum absolute atomic E-state index is 11.5. The van der Waals surface area contributed by atoms with E-state index in [1.54, 1.807) is 0 Å². The zero-order valence-corrected chi connectivity index (χ0v) is 13.8. The number of nitrogens with two attached hydrogens (primary N) is 1. The van der Waals surface area contributed by atoms with Crippen molar-refractivity contribution in [3.63, 3.8) is 0 Å². The molecule has 0 saturated heterocycles. The Kier molecular flexibility index (Phi) is 9.40. The summed E-state index contributed by atoms with van der Waals surface area (Å²) in [6.45, 7) is -0.0239. The molecule has 1 rings (SSSR count). The lowest BCUT2D eigenvalue weighted by molar-refractivity contribution is -0.0524. The third kappa shape index (κ3) is 7.13. The van der Waals surface area contributed by atoms with Crippen LogP contribution < -0.4 is 5.73 Å². The largest absolute Gasteiger partial charge is 0.478 e. The molecular formula is C15H21NO10. The normalized spacial score (nSPS) is 11.8. The minimum absolute atomic E-state index is 0.263. The molecule has 1 aromatic carbocycles. The highest BCUT2D eigenvalue weighted by molar-refractivity contribution is 6.04. The maximum atomic E-state index is 11.5. The lowest BCUT2D eigenvalue weighted by Crippen LogP contribution is -2.50. The number of carboxylic acid groups (broad SMARTS) is 2. The summed E-state index contributed by atoms with van der Waals surface area (Å²) in [5.74, 6) is -3.82. The number of esters is 1. The number of rotatable bonds is 7. The van der Waals surface area contributed by atoms with Crippen LogP contribution in [0.2, 0.25) is 0 Å². The molecule has 146 valence electrons. The predicted octanol–water partition coefficient (Wildman–Crippen LogP) is -1.76. The van der Waals surface area contributed by atoms with Gasteiger partial charge in [0.1, 0.15) is 0 Å². The minimum atomic E-state index is -1.46. The van der Waals surface area contributed by atoms with Gasteiger partial charge in [-0.3, -0.25) is 0 Å². The smallest absolute Gasteiger partial charge is 0.341 e. The maximum Gasteiger partial charge on any atom is 0.341 e. The molecule has 1 unspecified atom stereocenters. The van der Waals surface area contributed by atoms with Gasteiger partial charge in [-0.1, -0.05) is 0 Å². The molecule has 0 heterocycles. The third-order valence-corrected chi connectivity index (χ3v) is 2.94. The number of ether oxygens (including phenoxy) is 1. The molecule has 0 saturated carbocycles. The Balaban J connectivity index is 0.000000660. The van der Waals surface area contributed by atoms with Gasteiger partial charge < -0.3 is 41.1 Å². The van der Waals surface area contributed by atoms with Gasteiger partial charge in [-0.15, -0.1) is 0 Å². The number of carbonyl (C=O) groups is 3. The third-order valence-electron chi connectivity index (χ3n) is 2.94. The molecular weight excluding hydrogens is 354 g/mol. The van der Waals surface area contributed by atoms with Crippen molar-refractivity contribution in [1.29, 1.82) is 0 Å². The summed E-state index contributed by atoms with van der Waals surface area (Å²) in [5.41, 5.74) is 2.85. The van der Waals surface area contributed by atoms with E-state index in [0.717, 1.165) is 18.2 Å². The van der Waals surface area contributed by atoms with E-state index in [1.807, 2.05) is 0 Å². The standard InChI is InChI=1S/C11H10O7.C4H11NO3/c1-5(12)18-11(17)7-3-2-6(9(13)14)4-8(7)10(15)16;5-4(1-6,2-7)3-8/h2-5,12H,1H3,(H,13,14)(H,15,16);6-8H,1-3,5H2. The van der Waals surface area contributed by atoms with E-state index in [4.69, 9.17) is 36.4 Å². The van der Waals surface area contributed by atoms with Crippen molar-refractivity contribution in [1.82, 2.24) is 0 Å². The molecule has 0 aromatic heterocycles. The van der Waals surface area contributed by atoms with Crippen LogP contribution in [-0.4, -0.2) is 80.2 Å². The summed E-state index contributed by atoms with van der Waals surface area (Å²) in [4.78, 5) is 33.1. The topological polar surface area (TPSA) is 208 Å². The van der Waals surface area contributed by atoms with Crippen LogP contribution in [0.3, 0.4) is 0 Å². The molecule has 11 nitrogen and oxygen atoms in total. The zero-order valence-electron chi connectivity index (χ0n) is 13.8. The quantitative estimate of drug-likeness (QED) is 0.210. The van der Waals surface area contributed by atoms with Crippen molar-refractivity contribution >= 4 is 17.9 Å². The van der Waals surface area contributed by atoms with Gasteiger partial charge in [-0.2, -0.15) is 0 Å². The van der Waals surface area contributed by atoms with E-state index in [9.17, 15) is 14.4 Å². The molecule has 1 atom stereocenters. The number of aliphatic hydroxyl groups is 4. The molecule has 26 heavy (non-hydrogen) atoms. The second-order valence-electron chi connectivity index (χ2n) is 5.21. The molecule has 0 aliphatic heterocycles. The number of hydrogen-bond donors (Lipinski definition) is 7. The molecule has 0 aliphatic carbocycles. The van der Waals surface area contributed by atoms with Gasteiger partial charge >= 0.3 is 17.9 Å². The lowest BCUT2D eigenvalue weighted by atomic mass is 10.0. The molecule has 0 spiro atoms. The second kappa shape index (κ2) is 10.4. The number of hydrogen-bond acceptors (Lipinski definition) is 9. The van der Waals surface area contributed by atoms with Gasteiger partial charge in [0, 0.05) is 0 Å².